The molecule has 0 aliphatic carbocycles. The van der Waals surface area contributed by atoms with E-state index in [4.69, 9.17) is 0 Å². The van der Waals surface area contributed by atoms with Gasteiger partial charge in [-0.1, -0.05) is 0 Å². The predicted molar refractivity (Wildman–Crippen MR) is 46.5 cm³/mol. The maximum atomic E-state index is 11.0. The second-order valence-corrected chi connectivity index (χ2v) is 3.18. The van der Waals surface area contributed by atoms with Crippen molar-refractivity contribution in [3.63, 3.8) is 0 Å². The number of hydrogen-bond donors (Lipinski definition) is 1. The first kappa shape index (κ1) is 7.17. The lowest BCUT2D eigenvalue weighted by atomic mass is 10.4. The van der Waals surface area contributed by atoms with E-state index in [9.17, 15) is 9.59 Å². The molecule has 0 bridgehead atoms. The van der Waals surface area contributed by atoms with E-state index in [1.165, 1.54) is 17.4 Å². The summed E-state index contributed by atoms with van der Waals surface area (Å²) in [5, 5.41) is 7.70. The first-order valence-corrected chi connectivity index (χ1v) is 4.12. The van der Waals surface area contributed by atoms with E-state index in [0.717, 1.165) is 4.70 Å². The quantitative estimate of drug-likeness (QED) is 0.595. The van der Waals surface area contributed by atoms with E-state index < -0.39 is 11.0 Å². The topological polar surface area (TPSA) is 62.8 Å². The van der Waals surface area contributed by atoms with Crippen LogP contribution in [0, 0.1) is 0 Å². The Hall–Kier alpha value is -1.49. The number of rotatable bonds is 0. The maximum absolute atomic E-state index is 11.0. The van der Waals surface area contributed by atoms with Crippen molar-refractivity contribution in [1.82, 2.24) is 10.2 Å². The molecule has 12 heavy (non-hydrogen) atoms. The summed E-state index contributed by atoms with van der Waals surface area (Å²) in [5.41, 5.74) is -0.599. The molecule has 0 aliphatic rings. The van der Waals surface area contributed by atoms with Crippen molar-refractivity contribution in [3.8, 4) is 0 Å². The summed E-state index contributed by atoms with van der Waals surface area (Å²) < 4.78 is 0.721. The van der Waals surface area contributed by atoms with Crippen LogP contribution in [0.4, 0.5) is 0 Å². The van der Waals surface area contributed by atoms with Crippen molar-refractivity contribution in [2.45, 2.75) is 0 Å². The Balaban J connectivity index is 3.08. The summed E-state index contributed by atoms with van der Waals surface area (Å²) in [6.07, 6.45) is 0. The molecule has 0 unspecified atom stereocenters. The zero-order chi connectivity index (χ0) is 8.55. The lowest BCUT2D eigenvalue weighted by Crippen LogP contribution is -2.22. The second kappa shape index (κ2) is 2.53. The summed E-state index contributed by atoms with van der Waals surface area (Å²) in [4.78, 5) is 21.8. The third-order valence-electron chi connectivity index (χ3n) is 1.44. The number of thiophene rings is 1. The summed E-state index contributed by atoms with van der Waals surface area (Å²) in [7, 11) is 0. The van der Waals surface area contributed by atoms with E-state index in [2.05, 4.69) is 10.2 Å². The van der Waals surface area contributed by atoms with Crippen LogP contribution in [0.2, 0.25) is 0 Å². The van der Waals surface area contributed by atoms with Crippen molar-refractivity contribution in [3.05, 3.63) is 38.1 Å². The van der Waals surface area contributed by atoms with Crippen LogP contribution < -0.4 is 11.0 Å². The van der Waals surface area contributed by atoms with Crippen molar-refractivity contribution in [2.75, 3.05) is 0 Å². The molecule has 0 fully saturated rings. The van der Waals surface area contributed by atoms with E-state index >= 15 is 0 Å². The number of fused-ring (bicyclic) bond motifs is 1. The smallest absolute Gasteiger partial charge is 0.284 e. The van der Waals surface area contributed by atoms with Gasteiger partial charge in [0.25, 0.3) is 0 Å². The molecule has 0 atom stereocenters. The molecule has 2 aromatic rings. The first-order chi connectivity index (χ1) is 5.77. The van der Waals surface area contributed by atoms with Gasteiger partial charge < -0.3 is 0 Å². The van der Waals surface area contributed by atoms with Gasteiger partial charge >= 0.3 is 5.56 Å². The van der Waals surface area contributed by atoms with Gasteiger partial charge in [-0.3, -0.25) is 9.59 Å². The van der Waals surface area contributed by atoms with Gasteiger partial charge in [0.1, 0.15) is 5.52 Å². The van der Waals surface area contributed by atoms with Crippen LogP contribution in [0.1, 0.15) is 0 Å². The molecule has 60 valence electrons. The lowest BCUT2D eigenvalue weighted by molar-refractivity contribution is 1.03. The average Bonchev–Trinajstić information content (AvgIpc) is 2.43. The van der Waals surface area contributed by atoms with Crippen LogP contribution in [0.5, 0.6) is 0 Å². The van der Waals surface area contributed by atoms with Gasteiger partial charge in [-0.25, -0.2) is 5.10 Å². The molecule has 0 radical (unpaired) electrons. The average molecular weight is 180 g/mol. The Morgan fingerprint density at radius 3 is 3.08 bits per heavy atom. The van der Waals surface area contributed by atoms with Crippen LogP contribution in [-0.4, -0.2) is 10.2 Å². The molecule has 2 aromatic heterocycles. The molecule has 5 heteroatoms. The first-order valence-electron chi connectivity index (χ1n) is 3.24. The molecule has 0 saturated carbocycles. The maximum Gasteiger partial charge on any atom is 0.311 e. The van der Waals surface area contributed by atoms with Crippen molar-refractivity contribution >= 4 is 21.6 Å². The van der Waals surface area contributed by atoms with Crippen LogP contribution in [0.3, 0.4) is 0 Å². The molecule has 4 nitrogen and oxygen atoms in total. The van der Waals surface area contributed by atoms with Gasteiger partial charge in [0.15, 0.2) is 0 Å². The summed E-state index contributed by atoms with van der Waals surface area (Å²) in [6, 6.07) is 3.04. The SMILES string of the molecule is O=c1cc2sccc2n[nH]c1=O. The van der Waals surface area contributed by atoms with Gasteiger partial charge in [0.05, 0.1) is 4.70 Å². The molecule has 0 aromatic carbocycles. The highest BCUT2D eigenvalue weighted by molar-refractivity contribution is 7.17. The number of aromatic nitrogens is 2. The van der Waals surface area contributed by atoms with Crippen molar-refractivity contribution in [2.24, 2.45) is 0 Å². The minimum absolute atomic E-state index is 0.556. The molecule has 1 N–H and O–H groups in total. The zero-order valence-corrected chi connectivity index (χ0v) is 6.72. The molecule has 0 aliphatic heterocycles. The minimum atomic E-state index is -0.682. The van der Waals surface area contributed by atoms with Crippen LogP contribution >= 0.6 is 11.3 Å². The number of nitrogens with zero attached hydrogens (tertiary/aromatic N) is 1. The highest BCUT2D eigenvalue weighted by atomic mass is 32.1. The standard InChI is InChI=1S/C7H4N2O2S/c10-5-3-6-4(1-2-12-6)8-9-7(5)11/h1-3H,(H,9,10,11). The fourth-order valence-corrected chi connectivity index (χ4v) is 1.62. The predicted octanol–water partition coefficient (Wildman–Crippen LogP) is 0.345. The van der Waals surface area contributed by atoms with Gasteiger partial charge in [-0.2, -0.15) is 5.10 Å². The van der Waals surface area contributed by atoms with Gasteiger partial charge in [-0.15, -0.1) is 11.3 Å². The highest BCUT2D eigenvalue weighted by Crippen LogP contribution is 2.13. The Morgan fingerprint density at radius 2 is 2.25 bits per heavy atom. The molecular weight excluding hydrogens is 176 g/mol. The van der Waals surface area contributed by atoms with E-state index in [-0.39, 0.29) is 0 Å². The molecule has 2 heterocycles. The van der Waals surface area contributed by atoms with Gasteiger partial charge in [0, 0.05) is 6.07 Å². The number of aromatic amines is 1. The van der Waals surface area contributed by atoms with Crippen LogP contribution in [0.15, 0.2) is 27.1 Å². The molecule has 0 amide bonds. The fourth-order valence-electron chi connectivity index (χ4n) is 0.865. The summed E-state index contributed by atoms with van der Waals surface area (Å²) >= 11 is 1.38. The molecule has 0 saturated heterocycles. The monoisotopic (exact) mass is 180 g/mol. The highest BCUT2D eigenvalue weighted by Gasteiger charge is 1.96. The fraction of sp³-hybridized carbons (Fsp3) is 0. The second-order valence-electron chi connectivity index (χ2n) is 2.23. The third-order valence-corrected chi connectivity index (χ3v) is 2.29. The van der Waals surface area contributed by atoms with Gasteiger partial charge in [-0.05, 0) is 11.4 Å². The lowest BCUT2D eigenvalue weighted by Gasteiger charge is -1.71. The van der Waals surface area contributed by atoms with Crippen LogP contribution in [-0.2, 0) is 0 Å². The Morgan fingerprint density at radius 1 is 1.42 bits per heavy atom. The zero-order valence-electron chi connectivity index (χ0n) is 5.90. The Labute approximate surface area is 70.5 Å². The normalized spacial score (nSPS) is 10.3. The Kier molecular flexibility index (Phi) is 1.51. The third kappa shape index (κ3) is 1.04. The molecular formula is C7H4N2O2S. The Bertz CT molecular complexity index is 528. The number of hydrogen-bond acceptors (Lipinski definition) is 4. The number of H-pyrrole nitrogens is 1. The molecule has 0 spiro atoms. The van der Waals surface area contributed by atoms with E-state index in [0.29, 0.717) is 5.52 Å². The summed E-state index contributed by atoms with van der Waals surface area (Å²) in [5.74, 6) is 0. The van der Waals surface area contributed by atoms with Crippen LogP contribution in [0.25, 0.3) is 10.2 Å². The van der Waals surface area contributed by atoms with Gasteiger partial charge in [0.2, 0.25) is 5.43 Å². The number of nitrogens with one attached hydrogen (secondary N) is 1. The summed E-state index contributed by atoms with van der Waals surface area (Å²) in [6.45, 7) is 0. The molecule has 2 rings (SSSR count). The van der Waals surface area contributed by atoms with E-state index in [1.54, 1.807) is 6.07 Å². The van der Waals surface area contributed by atoms with Crippen molar-refractivity contribution < 1.29 is 0 Å². The minimum Gasteiger partial charge on any atom is -0.284 e. The van der Waals surface area contributed by atoms with Crippen molar-refractivity contribution in [1.29, 1.82) is 0 Å². The van der Waals surface area contributed by atoms with E-state index in [1.807, 2.05) is 5.38 Å². The largest absolute Gasteiger partial charge is 0.311 e.